The summed E-state index contributed by atoms with van der Waals surface area (Å²) in [7, 11) is 1.64. The van der Waals surface area contributed by atoms with Crippen molar-refractivity contribution < 1.29 is 23.8 Å². The summed E-state index contributed by atoms with van der Waals surface area (Å²) in [6, 6.07) is 14.1. The van der Waals surface area contributed by atoms with E-state index in [1.807, 2.05) is 24.3 Å². The molecule has 1 aliphatic heterocycles. The van der Waals surface area contributed by atoms with Gasteiger partial charge in [-0.3, -0.25) is 14.5 Å². The van der Waals surface area contributed by atoms with Crippen LogP contribution in [0.25, 0.3) is 0 Å². The first kappa shape index (κ1) is 21.6. The lowest BCUT2D eigenvalue weighted by atomic mass is 10.1. The first-order chi connectivity index (χ1) is 14.6. The number of anilines is 1. The standard InChI is InChI=1S/C22H27N3O5/c1-28-20-6-3-2-5-16(20)15-29-11-4-12-30-18-9-7-17(8-10-18)25-19(22(23)27)13-24-14-21(25)26/h2-3,5-10,19,24H,4,11-15H2,1H3,(H2,23,27)/t19-/m1/s1. The average molecular weight is 413 g/mol. The Hall–Kier alpha value is -3.10. The van der Waals surface area contributed by atoms with Gasteiger partial charge in [0.1, 0.15) is 17.5 Å². The number of primary amides is 1. The molecule has 1 heterocycles. The number of carbonyl (C=O) groups excluding carboxylic acids is 2. The number of hydrogen-bond acceptors (Lipinski definition) is 6. The van der Waals surface area contributed by atoms with Crippen LogP contribution in [-0.2, 0) is 20.9 Å². The van der Waals surface area contributed by atoms with Crippen LogP contribution in [0.5, 0.6) is 11.5 Å². The lowest BCUT2D eigenvalue weighted by Crippen LogP contribution is -2.60. The van der Waals surface area contributed by atoms with Crippen molar-refractivity contribution >= 4 is 17.5 Å². The van der Waals surface area contributed by atoms with Crippen molar-refractivity contribution in [2.75, 3.05) is 38.3 Å². The fourth-order valence-corrected chi connectivity index (χ4v) is 3.28. The first-order valence-corrected chi connectivity index (χ1v) is 9.84. The fraction of sp³-hybridized carbons (Fsp3) is 0.364. The number of para-hydroxylation sites is 1. The van der Waals surface area contributed by atoms with Gasteiger partial charge in [0, 0.05) is 24.2 Å². The molecule has 2 aromatic rings. The van der Waals surface area contributed by atoms with Crippen LogP contribution in [-0.4, -0.2) is 51.3 Å². The minimum absolute atomic E-state index is 0.177. The summed E-state index contributed by atoms with van der Waals surface area (Å²) in [5.74, 6) is 0.770. The molecule has 30 heavy (non-hydrogen) atoms. The number of hydrogen-bond donors (Lipinski definition) is 2. The number of carbonyl (C=O) groups is 2. The van der Waals surface area contributed by atoms with E-state index in [2.05, 4.69) is 5.32 Å². The van der Waals surface area contributed by atoms with Gasteiger partial charge in [0.05, 0.1) is 33.5 Å². The van der Waals surface area contributed by atoms with Crippen molar-refractivity contribution in [2.24, 2.45) is 5.73 Å². The monoisotopic (exact) mass is 413 g/mol. The number of piperazine rings is 1. The van der Waals surface area contributed by atoms with E-state index in [9.17, 15) is 9.59 Å². The Kier molecular flexibility index (Phi) is 7.64. The van der Waals surface area contributed by atoms with Gasteiger partial charge in [-0.25, -0.2) is 0 Å². The Balaban J connectivity index is 1.43. The van der Waals surface area contributed by atoms with Gasteiger partial charge in [-0.05, 0) is 30.3 Å². The van der Waals surface area contributed by atoms with Crippen molar-refractivity contribution in [3.8, 4) is 11.5 Å². The van der Waals surface area contributed by atoms with Gasteiger partial charge in [0.25, 0.3) is 0 Å². The number of nitrogens with zero attached hydrogens (tertiary/aromatic N) is 1. The van der Waals surface area contributed by atoms with E-state index in [1.54, 1.807) is 31.4 Å². The third-order valence-corrected chi connectivity index (χ3v) is 4.79. The second-order valence-electron chi connectivity index (χ2n) is 6.87. The maximum atomic E-state index is 12.2. The summed E-state index contributed by atoms with van der Waals surface area (Å²) in [5, 5.41) is 2.90. The summed E-state index contributed by atoms with van der Waals surface area (Å²) in [6.45, 7) is 2.07. The van der Waals surface area contributed by atoms with E-state index >= 15 is 0 Å². The van der Waals surface area contributed by atoms with Crippen molar-refractivity contribution in [1.82, 2.24) is 5.32 Å². The second-order valence-corrected chi connectivity index (χ2v) is 6.87. The normalized spacial score (nSPS) is 16.4. The van der Waals surface area contributed by atoms with Crippen LogP contribution in [0.15, 0.2) is 48.5 Å². The highest BCUT2D eigenvalue weighted by Crippen LogP contribution is 2.23. The predicted molar refractivity (Wildman–Crippen MR) is 113 cm³/mol. The van der Waals surface area contributed by atoms with Gasteiger partial charge in [-0.2, -0.15) is 0 Å². The molecule has 0 spiro atoms. The third kappa shape index (κ3) is 5.49. The van der Waals surface area contributed by atoms with E-state index in [0.29, 0.717) is 37.8 Å². The topological polar surface area (TPSA) is 103 Å². The first-order valence-electron chi connectivity index (χ1n) is 9.84. The van der Waals surface area contributed by atoms with Gasteiger partial charge < -0.3 is 25.3 Å². The number of nitrogens with two attached hydrogens (primary N) is 1. The van der Waals surface area contributed by atoms with E-state index in [0.717, 1.165) is 17.7 Å². The SMILES string of the molecule is COc1ccccc1COCCCOc1ccc(N2C(=O)CNC[C@@H]2C(N)=O)cc1. The molecule has 160 valence electrons. The zero-order valence-corrected chi connectivity index (χ0v) is 17.0. The highest BCUT2D eigenvalue weighted by Gasteiger charge is 2.32. The number of nitrogens with one attached hydrogen (secondary N) is 1. The zero-order valence-electron chi connectivity index (χ0n) is 17.0. The van der Waals surface area contributed by atoms with Crippen LogP contribution < -0.4 is 25.4 Å². The highest BCUT2D eigenvalue weighted by molar-refractivity contribution is 6.02. The largest absolute Gasteiger partial charge is 0.496 e. The lowest BCUT2D eigenvalue weighted by Gasteiger charge is -2.34. The van der Waals surface area contributed by atoms with Crippen molar-refractivity contribution in [3.05, 3.63) is 54.1 Å². The quantitative estimate of drug-likeness (QED) is 0.572. The maximum Gasteiger partial charge on any atom is 0.241 e. The Morgan fingerprint density at radius 1 is 1.17 bits per heavy atom. The van der Waals surface area contributed by atoms with Crippen LogP contribution in [0, 0.1) is 0 Å². The van der Waals surface area contributed by atoms with E-state index < -0.39 is 11.9 Å². The maximum absolute atomic E-state index is 12.2. The molecule has 3 N–H and O–H groups in total. The number of ether oxygens (including phenoxy) is 3. The Morgan fingerprint density at radius 3 is 2.67 bits per heavy atom. The molecule has 0 radical (unpaired) electrons. The second kappa shape index (κ2) is 10.6. The molecule has 8 heteroatoms. The Labute approximate surface area is 175 Å². The predicted octanol–water partition coefficient (Wildman–Crippen LogP) is 1.47. The summed E-state index contributed by atoms with van der Waals surface area (Å²) in [6.07, 6.45) is 0.733. The van der Waals surface area contributed by atoms with Crippen LogP contribution in [0.4, 0.5) is 5.69 Å². The molecule has 2 amide bonds. The van der Waals surface area contributed by atoms with Crippen LogP contribution in [0.3, 0.4) is 0 Å². The molecule has 0 saturated carbocycles. The smallest absolute Gasteiger partial charge is 0.241 e. The van der Waals surface area contributed by atoms with Crippen LogP contribution in [0.1, 0.15) is 12.0 Å². The summed E-state index contributed by atoms with van der Waals surface area (Å²) in [4.78, 5) is 25.3. The molecular formula is C22H27N3O5. The molecule has 1 atom stereocenters. The molecule has 1 saturated heterocycles. The number of methoxy groups -OCH3 is 1. The van der Waals surface area contributed by atoms with Crippen molar-refractivity contribution in [3.63, 3.8) is 0 Å². The molecule has 0 unspecified atom stereocenters. The van der Waals surface area contributed by atoms with Crippen molar-refractivity contribution in [1.29, 1.82) is 0 Å². The molecule has 0 bridgehead atoms. The highest BCUT2D eigenvalue weighted by atomic mass is 16.5. The molecule has 3 rings (SSSR count). The van der Waals surface area contributed by atoms with Gasteiger partial charge in [0.15, 0.2) is 0 Å². The van der Waals surface area contributed by atoms with E-state index in [4.69, 9.17) is 19.9 Å². The van der Waals surface area contributed by atoms with Crippen molar-refractivity contribution in [2.45, 2.75) is 19.1 Å². The molecule has 1 fully saturated rings. The van der Waals surface area contributed by atoms with E-state index in [1.165, 1.54) is 4.90 Å². The minimum Gasteiger partial charge on any atom is -0.496 e. The summed E-state index contributed by atoms with van der Waals surface area (Å²) < 4.78 is 16.7. The minimum atomic E-state index is -0.696. The zero-order chi connectivity index (χ0) is 21.3. The van der Waals surface area contributed by atoms with Gasteiger partial charge in [-0.1, -0.05) is 18.2 Å². The van der Waals surface area contributed by atoms with E-state index in [-0.39, 0.29) is 12.5 Å². The third-order valence-electron chi connectivity index (χ3n) is 4.79. The van der Waals surface area contributed by atoms with Crippen LogP contribution in [0.2, 0.25) is 0 Å². The summed E-state index contributed by atoms with van der Waals surface area (Å²) in [5.41, 5.74) is 7.06. The lowest BCUT2D eigenvalue weighted by molar-refractivity contribution is -0.125. The number of rotatable bonds is 10. The fourth-order valence-electron chi connectivity index (χ4n) is 3.28. The molecule has 2 aromatic carbocycles. The molecule has 1 aliphatic rings. The number of amides is 2. The Morgan fingerprint density at radius 2 is 1.93 bits per heavy atom. The molecular weight excluding hydrogens is 386 g/mol. The van der Waals surface area contributed by atoms with Gasteiger partial charge in [0.2, 0.25) is 11.8 Å². The average Bonchev–Trinajstić information content (AvgIpc) is 2.76. The molecule has 8 nitrogen and oxygen atoms in total. The molecule has 0 aromatic heterocycles. The van der Waals surface area contributed by atoms with Gasteiger partial charge >= 0.3 is 0 Å². The van der Waals surface area contributed by atoms with Crippen LogP contribution >= 0.6 is 0 Å². The Bertz CT molecular complexity index is 856. The molecule has 0 aliphatic carbocycles. The summed E-state index contributed by atoms with van der Waals surface area (Å²) >= 11 is 0. The number of benzene rings is 2. The van der Waals surface area contributed by atoms with Gasteiger partial charge in [-0.15, -0.1) is 0 Å².